The second-order valence-electron chi connectivity index (χ2n) is 8.08. The zero-order valence-electron chi connectivity index (χ0n) is 17.2. The fourth-order valence-corrected chi connectivity index (χ4v) is 3.00. The number of methoxy groups -OCH3 is 1. The number of amides is 2. The van der Waals surface area contributed by atoms with E-state index in [4.69, 9.17) is 9.47 Å². The molecule has 0 spiro atoms. The van der Waals surface area contributed by atoms with Crippen molar-refractivity contribution >= 4 is 12.0 Å². The molecule has 1 N–H and O–H groups in total. The molecule has 0 aromatic carbocycles. The van der Waals surface area contributed by atoms with Gasteiger partial charge in [0, 0.05) is 11.8 Å². The van der Waals surface area contributed by atoms with Gasteiger partial charge in [0.25, 0.3) is 0 Å². The number of carbonyl (C=O) groups is 2. The van der Waals surface area contributed by atoms with Gasteiger partial charge in [-0.2, -0.15) is 0 Å². The molecule has 0 radical (unpaired) electrons. The van der Waals surface area contributed by atoms with E-state index in [0.29, 0.717) is 12.1 Å². The summed E-state index contributed by atoms with van der Waals surface area (Å²) < 4.78 is 10.8. The van der Waals surface area contributed by atoms with Crippen LogP contribution in [0.3, 0.4) is 0 Å². The van der Waals surface area contributed by atoms with Crippen LogP contribution in [0, 0.1) is 5.92 Å². The van der Waals surface area contributed by atoms with Crippen LogP contribution in [0.15, 0.2) is 24.1 Å². The molecular formula is C20H34N2O4. The van der Waals surface area contributed by atoms with Crippen molar-refractivity contribution in [3.05, 3.63) is 24.1 Å². The lowest BCUT2D eigenvalue weighted by molar-refractivity contribution is -0.133. The molecule has 2 atom stereocenters. The molecule has 2 amide bonds. The van der Waals surface area contributed by atoms with Gasteiger partial charge in [0.15, 0.2) is 0 Å². The fraction of sp³-hybridized carbons (Fsp3) is 0.700. The van der Waals surface area contributed by atoms with E-state index >= 15 is 0 Å². The zero-order valence-corrected chi connectivity index (χ0v) is 17.2. The van der Waals surface area contributed by atoms with Crippen LogP contribution in [0.4, 0.5) is 4.79 Å². The molecular weight excluding hydrogens is 332 g/mol. The number of nitrogens with one attached hydrogen (secondary N) is 1. The Balaban J connectivity index is 3.00. The predicted molar refractivity (Wildman–Crippen MR) is 102 cm³/mol. The molecule has 6 nitrogen and oxygen atoms in total. The van der Waals surface area contributed by atoms with Crippen LogP contribution in [-0.4, -0.2) is 41.7 Å². The first kappa shape index (κ1) is 22.1. The maximum Gasteiger partial charge on any atom is 0.408 e. The first-order chi connectivity index (χ1) is 12.0. The number of hydrogen-bond donors (Lipinski definition) is 1. The summed E-state index contributed by atoms with van der Waals surface area (Å²) in [5.41, 5.74) is -0.0347. The SMILES string of the molecule is C=C1C=C(OC)[C@@H](CCC)N1C(=O)[C@H](CC(C)C)NC(=O)OC(C)(C)C. The fourth-order valence-electron chi connectivity index (χ4n) is 3.00. The van der Waals surface area contributed by atoms with Gasteiger partial charge in [-0.25, -0.2) is 4.79 Å². The summed E-state index contributed by atoms with van der Waals surface area (Å²) in [5, 5.41) is 2.74. The second kappa shape index (κ2) is 9.10. The molecule has 0 saturated carbocycles. The van der Waals surface area contributed by atoms with Crippen LogP contribution in [-0.2, 0) is 14.3 Å². The Kier molecular flexibility index (Phi) is 7.72. The molecule has 0 aromatic heterocycles. The third-order valence-corrected chi connectivity index (χ3v) is 3.99. The van der Waals surface area contributed by atoms with Gasteiger partial charge in [-0.1, -0.05) is 33.8 Å². The minimum atomic E-state index is -0.675. The first-order valence-electron chi connectivity index (χ1n) is 9.27. The van der Waals surface area contributed by atoms with Crippen LogP contribution in [0.2, 0.25) is 0 Å². The lowest BCUT2D eigenvalue weighted by atomic mass is 10.0. The van der Waals surface area contributed by atoms with E-state index in [0.717, 1.165) is 18.6 Å². The molecule has 0 unspecified atom stereocenters. The number of ether oxygens (including phenoxy) is 2. The minimum absolute atomic E-state index is 0.180. The van der Waals surface area contributed by atoms with Gasteiger partial charge in [-0.3, -0.25) is 4.79 Å². The molecule has 1 aliphatic heterocycles. The van der Waals surface area contributed by atoms with Crippen molar-refractivity contribution in [2.45, 2.75) is 78.5 Å². The average Bonchev–Trinajstić information content (AvgIpc) is 2.79. The predicted octanol–water partition coefficient (Wildman–Crippen LogP) is 3.98. The van der Waals surface area contributed by atoms with Crippen LogP contribution in [0.1, 0.15) is 60.8 Å². The Morgan fingerprint density at radius 2 is 1.96 bits per heavy atom. The van der Waals surface area contributed by atoms with Gasteiger partial charge < -0.3 is 19.7 Å². The van der Waals surface area contributed by atoms with Crippen LogP contribution < -0.4 is 5.32 Å². The third-order valence-electron chi connectivity index (χ3n) is 3.99. The molecule has 0 aliphatic carbocycles. The van der Waals surface area contributed by atoms with Gasteiger partial charge in [-0.05, 0) is 39.5 Å². The van der Waals surface area contributed by atoms with E-state index in [-0.39, 0.29) is 17.9 Å². The van der Waals surface area contributed by atoms with Crippen molar-refractivity contribution in [1.29, 1.82) is 0 Å². The molecule has 1 rings (SSSR count). The van der Waals surface area contributed by atoms with Crippen molar-refractivity contribution in [3.8, 4) is 0 Å². The lowest BCUT2D eigenvalue weighted by Crippen LogP contribution is -2.51. The molecule has 0 fully saturated rings. The standard InChI is InChI=1S/C20H34N2O4/c1-9-10-16-17(25-8)12-14(4)22(16)18(23)15(11-13(2)3)21-19(24)26-20(5,6)7/h12-13,15-16H,4,9-11H2,1-3,5-8H3,(H,21,24)/t15-,16+/m0/s1. The molecule has 6 heteroatoms. The van der Waals surface area contributed by atoms with Crippen LogP contribution in [0.5, 0.6) is 0 Å². The topological polar surface area (TPSA) is 67.9 Å². The normalized spacial score (nSPS) is 18.6. The quantitative estimate of drug-likeness (QED) is 0.740. The number of hydrogen-bond acceptors (Lipinski definition) is 4. The molecule has 148 valence electrons. The Morgan fingerprint density at radius 3 is 2.42 bits per heavy atom. The molecule has 0 bridgehead atoms. The van der Waals surface area contributed by atoms with E-state index in [1.807, 2.05) is 13.8 Å². The Hall–Kier alpha value is -1.98. The van der Waals surface area contributed by atoms with Crippen molar-refractivity contribution in [3.63, 3.8) is 0 Å². The number of carbonyl (C=O) groups excluding carboxylic acids is 2. The van der Waals surface area contributed by atoms with E-state index in [9.17, 15) is 9.59 Å². The van der Waals surface area contributed by atoms with Crippen LogP contribution in [0.25, 0.3) is 0 Å². The number of rotatable bonds is 7. The summed E-state index contributed by atoms with van der Waals surface area (Å²) in [6.07, 6.45) is 3.39. The van der Waals surface area contributed by atoms with Crippen LogP contribution >= 0.6 is 0 Å². The highest BCUT2D eigenvalue weighted by atomic mass is 16.6. The summed E-state index contributed by atoms with van der Waals surface area (Å²) in [4.78, 5) is 27.1. The smallest absolute Gasteiger partial charge is 0.408 e. The summed E-state index contributed by atoms with van der Waals surface area (Å²) >= 11 is 0. The monoisotopic (exact) mass is 366 g/mol. The Labute approximate surface area is 157 Å². The van der Waals surface area contributed by atoms with Gasteiger partial charge in [0.2, 0.25) is 5.91 Å². The van der Waals surface area contributed by atoms with Crippen molar-refractivity contribution in [2.75, 3.05) is 7.11 Å². The van der Waals surface area contributed by atoms with E-state index in [1.165, 1.54) is 0 Å². The highest BCUT2D eigenvalue weighted by molar-refractivity contribution is 5.88. The largest absolute Gasteiger partial charge is 0.499 e. The van der Waals surface area contributed by atoms with Crippen molar-refractivity contribution < 1.29 is 19.1 Å². The molecule has 1 aliphatic rings. The molecule has 26 heavy (non-hydrogen) atoms. The molecule has 0 aromatic rings. The van der Waals surface area contributed by atoms with E-state index < -0.39 is 17.7 Å². The van der Waals surface area contributed by atoms with Crippen molar-refractivity contribution in [1.82, 2.24) is 10.2 Å². The van der Waals surface area contributed by atoms with Gasteiger partial charge in [-0.15, -0.1) is 0 Å². The average molecular weight is 367 g/mol. The summed E-state index contributed by atoms with van der Waals surface area (Å²) in [7, 11) is 1.60. The molecule has 1 heterocycles. The Morgan fingerprint density at radius 1 is 1.35 bits per heavy atom. The van der Waals surface area contributed by atoms with Gasteiger partial charge in [0.05, 0.1) is 13.2 Å². The highest BCUT2D eigenvalue weighted by Gasteiger charge is 2.38. The number of nitrogens with zero attached hydrogens (tertiary/aromatic N) is 1. The van der Waals surface area contributed by atoms with E-state index in [2.05, 4.69) is 18.8 Å². The number of alkyl carbamates (subject to hydrolysis) is 1. The Bertz CT molecular complexity index is 561. The maximum absolute atomic E-state index is 13.2. The van der Waals surface area contributed by atoms with Crippen molar-refractivity contribution in [2.24, 2.45) is 5.92 Å². The maximum atomic E-state index is 13.2. The van der Waals surface area contributed by atoms with E-state index in [1.54, 1.807) is 38.9 Å². The molecule has 0 saturated heterocycles. The number of allylic oxidation sites excluding steroid dienone is 1. The second-order valence-corrected chi connectivity index (χ2v) is 8.08. The summed E-state index contributed by atoms with van der Waals surface area (Å²) in [5.74, 6) is 0.774. The summed E-state index contributed by atoms with van der Waals surface area (Å²) in [6, 6.07) is -0.856. The zero-order chi connectivity index (χ0) is 20.1. The lowest BCUT2D eigenvalue weighted by Gasteiger charge is -2.32. The highest BCUT2D eigenvalue weighted by Crippen LogP contribution is 2.30. The first-order valence-corrected chi connectivity index (χ1v) is 9.27. The van der Waals surface area contributed by atoms with Gasteiger partial charge >= 0.3 is 6.09 Å². The minimum Gasteiger partial charge on any atom is -0.499 e. The third kappa shape index (κ3) is 6.07. The van der Waals surface area contributed by atoms with Gasteiger partial charge in [0.1, 0.15) is 17.4 Å². The summed E-state index contributed by atoms with van der Waals surface area (Å²) in [6.45, 7) is 15.4.